The molecule has 0 bridgehead atoms. The van der Waals surface area contributed by atoms with Crippen molar-refractivity contribution in [2.75, 3.05) is 73.2 Å². The molecule has 3 aliphatic rings. The molecule has 3 fully saturated rings. The number of hydrogen-bond acceptors (Lipinski definition) is 22. The number of imide groups is 2. The first-order valence-corrected chi connectivity index (χ1v) is 57.8. The van der Waals surface area contributed by atoms with Gasteiger partial charge in [0.15, 0.2) is 33.3 Å². The zero-order chi connectivity index (χ0) is 96.9. The first-order chi connectivity index (χ1) is 58.4. The second-order valence-corrected chi connectivity index (χ2v) is 59.9. The Morgan fingerprint density at radius 3 is 0.850 bits per heavy atom. The molecule has 0 unspecified atom stereocenters. The van der Waals surface area contributed by atoms with Gasteiger partial charge in [0, 0.05) is 157 Å². The topological polar surface area (TPSA) is 439 Å². The number of ether oxygens (including phenoxy) is 1. The molecule has 10 amide bonds. The van der Waals surface area contributed by atoms with Crippen LogP contribution in [0.15, 0.2) is 0 Å². The Hall–Kier alpha value is -6.05. The Labute approximate surface area is 771 Å². The summed E-state index contributed by atoms with van der Waals surface area (Å²) in [5.41, 5.74) is 10.5. The molecule has 0 saturated carbocycles. The van der Waals surface area contributed by atoms with Gasteiger partial charge in [0.1, 0.15) is 0 Å². The quantitative estimate of drug-likeness (QED) is 0.00519. The smallest absolute Gasteiger partial charge is 0.333 e. The SMILES string of the molecule is C.C.CCO[Si](CCCN)(C(C)C)C(C)C.CCO[Si](CCCNC(=O)CCCC(=O)NC)(C(C)C)C(C)C.CCO[Si](CCCNC(=O)CCCC(=O)O)(C(C)C)C(C)C.CCO[Si](CCCNC(=O)CCCC(=O)ON1C(=O)CCC1=O)(C(C)C)C(C)C.CNC(=O)CCCC(=O)NCCC[Si](F)(C(C)C)C(C)C.O=C1CCC(=O)N1O.O=C1CCCC(=O)O1. The van der Waals surface area contributed by atoms with Crippen molar-refractivity contribution in [3.05, 3.63) is 0 Å². The molecule has 0 spiro atoms. The van der Waals surface area contributed by atoms with E-state index >= 15 is 0 Å². The second kappa shape index (κ2) is 73.5. The maximum atomic E-state index is 14.9. The number of aliphatic carboxylic acids is 1. The van der Waals surface area contributed by atoms with Crippen LogP contribution in [-0.4, -0.2) is 218 Å². The number of amides is 10. The van der Waals surface area contributed by atoms with Crippen LogP contribution in [0.2, 0.25) is 85.6 Å². The van der Waals surface area contributed by atoms with Gasteiger partial charge in [-0.25, -0.2) is 4.79 Å². The third-order valence-electron chi connectivity index (χ3n) is 23.4. The van der Waals surface area contributed by atoms with Crippen LogP contribution in [0.4, 0.5) is 4.11 Å². The van der Waals surface area contributed by atoms with Crippen LogP contribution >= 0.6 is 0 Å². The minimum absolute atomic E-state index is 0. The molecule has 0 radical (unpaired) electrons. The number of halogens is 1. The van der Waals surface area contributed by atoms with Gasteiger partial charge < -0.3 is 74.1 Å². The molecule has 127 heavy (non-hydrogen) atoms. The number of carbonyl (C=O) groups is 14. The monoisotopic (exact) mass is 1900 g/mol. The summed E-state index contributed by atoms with van der Waals surface area (Å²) in [6, 6.07) is 4.94. The number of carboxylic acid groups (broad SMARTS) is 1. The molecule has 0 atom stereocenters. The Kier molecular flexibility index (Phi) is 76.2. The lowest BCUT2D eigenvalue weighted by Crippen LogP contribution is -2.45. The van der Waals surface area contributed by atoms with Gasteiger partial charge in [-0.1, -0.05) is 153 Å². The number of carbonyl (C=O) groups excluding carboxylic acids is 13. The summed E-state index contributed by atoms with van der Waals surface area (Å²) in [5, 5.41) is 34.3. The first kappa shape index (κ1) is 132. The normalized spacial score (nSPS) is 13.5. The van der Waals surface area contributed by atoms with Crippen LogP contribution in [0.25, 0.3) is 0 Å². The molecular formula is C90H182FN9O22Si5. The van der Waals surface area contributed by atoms with Crippen LogP contribution in [-0.2, 0) is 94.4 Å². The molecule has 3 heterocycles. The predicted octanol–water partition coefficient (Wildman–Crippen LogP) is 17.2. The Morgan fingerprint density at radius 2 is 0.630 bits per heavy atom. The van der Waals surface area contributed by atoms with Gasteiger partial charge in [-0.2, -0.15) is 5.06 Å². The highest BCUT2D eigenvalue weighted by molar-refractivity contribution is 6.78. The summed E-state index contributed by atoms with van der Waals surface area (Å²) in [6.45, 7) is 58.6. The second-order valence-electron chi connectivity index (χ2n) is 35.2. The lowest BCUT2D eigenvalue weighted by Gasteiger charge is -2.38. The van der Waals surface area contributed by atoms with E-state index in [1.807, 2.05) is 34.6 Å². The van der Waals surface area contributed by atoms with Gasteiger partial charge in [0.25, 0.3) is 32.0 Å². The lowest BCUT2D eigenvalue weighted by atomic mass is 10.2. The summed E-state index contributed by atoms with van der Waals surface area (Å²) < 4.78 is 43.9. The van der Waals surface area contributed by atoms with E-state index in [0.29, 0.717) is 159 Å². The van der Waals surface area contributed by atoms with E-state index in [2.05, 4.69) is 168 Å². The van der Waals surface area contributed by atoms with Gasteiger partial charge in [0.05, 0.1) is 0 Å². The van der Waals surface area contributed by atoms with Crippen LogP contribution in [0, 0.1) is 0 Å². The average Bonchev–Trinajstić information content (AvgIpc) is 1.01. The number of nitrogens with zero attached hydrogens (tertiary/aromatic N) is 2. The van der Waals surface area contributed by atoms with Crippen molar-refractivity contribution in [3.63, 3.8) is 0 Å². The van der Waals surface area contributed by atoms with Gasteiger partial charge in [-0.05, 0) is 184 Å². The molecule has 3 rings (SSSR count). The Balaban J connectivity index is -0.000000347. The molecule has 10 N–H and O–H groups in total. The summed E-state index contributed by atoms with van der Waals surface area (Å²) in [5.74, 6) is -4.59. The van der Waals surface area contributed by atoms with E-state index < -0.39 is 77.2 Å². The van der Waals surface area contributed by atoms with E-state index in [1.54, 1.807) is 14.1 Å². The standard InChI is InChI=1S/C20H36N2O6Si.C17H36N2O3Si.C16H33NO4Si.C15H31FN2O2Si.C11H27NOSi.C5H6O3.C4H5NO3.2CH4/c1-6-27-29(15(2)3,16(4)5)14-8-13-21-17(23)9-7-10-20(26)28-22-18(24)11-12-19(22)25;1-7-22-23(14(2)3,15(4)5)13-9-12-19-17(21)11-8-10-16(20)18-6;1-6-21-22(13(2)3,14(4)5)12-8-11-17-15(18)9-7-10-16(19)20;1-12(2)21(16,13(3)4)11-7-10-18-15(20)9-6-8-14(19)17-5;1-6-13-14(10(2)3,11(4)5)9-7-8-12;6-4-2-1-3-5(7)8-4;6-3-1-2-4(7)5(3)8;;/h15-16H,6-14H2,1-5H3,(H,21,23);14-15H,7-13H2,1-6H3,(H,18,20)(H,19,21);13-14H,6-12H2,1-5H3,(H,17,18)(H,19,20);12-13H,6-11H2,1-5H3,(H,17,19)(H,18,20);10-11H,6-9,12H2,1-5H3;1-3H2;8H,1-2H2;2*1H4. The van der Waals surface area contributed by atoms with Crippen molar-refractivity contribution in [1.29, 1.82) is 0 Å². The fourth-order valence-electron chi connectivity index (χ4n) is 15.9. The molecule has 3 saturated heterocycles. The first-order valence-electron chi connectivity index (χ1n) is 46.4. The van der Waals surface area contributed by atoms with Crippen molar-refractivity contribution in [2.24, 2.45) is 5.73 Å². The molecule has 31 nitrogen and oxygen atoms in total. The average molecular weight is 1900 g/mol. The number of hydroxylamine groups is 4. The van der Waals surface area contributed by atoms with Gasteiger partial charge >= 0.3 is 23.9 Å². The molecule has 0 aromatic heterocycles. The third-order valence-corrected chi connectivity index (χ3v) is 51.8. The highest BCUT2D eigenvalue weighted by Crippen LogP contribution is 2.42. The van der Waals surface area contributed by atoms with Crippen LogP contribution < -0.4 is 37.6 Å². The van der Waals surface area contributed by atoms with Crippen molar-refractivity contribution >= 4 is 125 Å². The van der Waals surface area contributed by atoms with Gasteiger partial charge in [0.2, 0.25) is 35.4 Å². The molecule has 746 valence electrons. The number of nitrogens with one attached hydrogen (secondary N) is 6. The number of carboxylic acids is 1. The minimum atomic E-state index is -2.73. The number of hydrogen-bond donors (Lipinski definition) is 9. The third kappa shape index (κ3) is 54.5. The van der Waals surface area contributed by atoms with E-state index in [0.717, 1.165) is 76.8 Å². The highest BCUT2D eigenvalue weighted by Gasteiger charge is 2.45. The number of rotatable bonds is 54. The van der Waals surface area contributed by atoms with Gasteiger partial charge in [-0.15, -0.1) is 5.06 Å². The number of nitrogens with two attached hydrogens (primary N) is 1. The number of esters is 2. The summed E-state index contributed by atoms with van der Waals surface area (Å²) in [4.78, 5) is 160. The maximum absolute atomic E-state index is 14.9. The molecule has 37 heteroatoms. The van der Waals surface area contributed by atoms with Crippen LogP contribution in [0.5, 0.6) is 0 Å². The van der Waals surface area contributed by atoms with Crippen molar-refractivity contribution in [2.45, 2.75) is 421 Å². The molecule has 0 aromatic carbocycles. The highest BCUT2D eigenvalue weighted by atomic mass is 28.4. The summed E-state index contributed by atoms with van der Waals surface area (Å²) in [6.07, 6.45) is 10.3. The number of cyclic esters (lactones) is 2. The molecule has 0 aromatic rings. The van der Waals surface area contributed by atoms with Crippen LogP contribution in [0.1, 0.15) is 335 Å². The van der Waals surface area contributed by atoms with Crippen molar-refractivity contribution in [1.82, 2.24) is 42.0 Å². The summed E-state index contributed by atoms with van der Waals surface area (Å²) >= 11 is 0. The van der Waals surface area contributed by atoms with Crippen LogP contribution in [0.3, 0.4) is 0 Å². The van der Waals surface area contributed by atoms with Crippen molar-refractivity contribution in [3.8, 4) is 0 Å². The Morgan fingerprint density at radius 1 is 0.378 bits per heavy atom. The molecular weight excluding hydrogens is 1720 g/mol. The molecule has 3 aliphatic heterocycles. The largest absolute Gasteiger partial charge is 0.481 e. The van der Waals surface area contributed by atoms with Crippen molar-refractivity contribution < 1.29 is 109 Å². The lowest BCUT2D eigenvalue weighted by molar-refractivity contribution is -0.197. The van der Waals surface area contributed by atoms with E-state index in [-0.39, 0.29) is 130 Å². The maximum Gasteiger partial charge on any atom is 0.333 e. The zero-order valence-electron chi connectivity index (χ0n) is 82.1. The predicted molar refractivity (Wildman–Crippen MR) is 515 cm³/mol. The minimum Gasteiger partial charge on any atom is -0.481 e. The Bertz CT molecular complexity index is 3050. The van der Waals surface area contributed by atoms with E-state index in [4.69, 9.17) is 38.6 Å². The zero-order valence-corrected chi connectivity index (χ0v) is 87.1. The fourth-order valence-corrected chi connectivity index (χ4v) is 37.3. The summed E-state index contributed by atoms with van der Waals surface area (Å²) in [7, 11) is -6.51. The fraction of sp³-hybridized carbons (Fsp3) is 0.844. The van der Waals surface area contributed by atoms with E-state index in [9.17, 15) is 71.2 Å². The molecule has 0 aliphatic carbocycles. The van der Waals surface area contributed by atoms with Gasteiger partial charge in [-0.3, -0.25) is 67.5 Å². The van der Waals surface area contributed by atoms with E-state index in [1.165, 1.54) is 6.04 Å².